The molecule has 1 aromatic carbocycles. The van der Waals surface area contributed by atoms with Crippen molar-refractivity contribution in [2.45, 2.75) is 19.9 Å². The molecule has 0 spiro atoms. The minimum atomic E-state index is -0.317. The summed E-state index contributed by atoms with van der Waals surface area (Å²) in [7, 11) is 0. The minimum Gasteiger partial charge on any atom is -0.292 e. The predicted molar refractivity (Wildman–Crippen MR) is 67.5 cm³/mol. The Bertz CT molecular complexity index is 548. The van der Waals surface area contributed by atoms with Gasteiger partial charge in [-0.3, -0.25) is 9.48 Å². The van der Waals surface area contributed by atoms with Gasteiger partial charge in [-0.05, 0) is 32.0 Å². The summed E-state index contributed by atoms with van der Waals surface area (Å²) in [4.78, 5) is 12.2. The fourth-order valence-corrected chi connectivity index (χ4v) is 1.84. The van der Waals surface area contributed by atoms with Crippen molar-refractivity contribution in [2.24, 2.45) is 0 Å². The second-order valence-corrected chi connectivity index (χ2v) is 4.42. The first kappa shape index (κ1) is 11.9. The molecule has 2 aromatic rings. The fourth-order valence-electron chi connectivity index (χ4n) is 1.65. The van der Waals surface area contributed by atoms with Gasteiger partial charge in [0.25, 0.3) is 0 Å². The summed E-state index contributed by atoms with van der Waals surface area (Å²) in [5.41, 5.74) is 1.51. The fraction of sp³-hybridized carbons (Fsp3) is 0.231. The number of carbonyl (C=O) groups excluding carboxylic acids is 1. The van der Waals surface area contributed by atoms with E-state index in [-0.39, 0.29) is 11.8 Å². The third-order valence-electron chi connectivity index (χ3n) is 2.63. The van der Waals surface area contributed by atoms with Crippen LogP contribution >= 0.6 is 11.6 Å². The van der Waals surface area contributed by atoms with Crippen molar-refractivity contribution in [3.63, 3.8) is 0 Å². The Morgan fingerprint density at radius 3 is 2.76 bits per heavy atom. The minimum absolute atomic E-state index is 0.00981. The molecule has 88 valence electrons. The van der Waals surface area contributed by atoms with Crippen LogP contribution < -0.4 is 0 Å². The third kappa shape index (κ3) is 2.56. The molecule has 2 rings (SSSR count). The summed E-state index contributed by atoms with van der Waals surface area (Å²) in [5.74, 6) is 0.00981. The van der Waals surface area contributed by atoms with Crippen LogP contribution in [0.5, 0.6) is 0 Å². The van der Waals surface area contributed by atoms with E-state index in [0.29, 0.717) is 10.6 Å². The van der Waals surface area contributed by atoms with Crippen molar-refractivity contribution < 1.29 is 4.79 Å². The van der Waals surface area contributed by atoms with E-state index in [1.165, 1.54) is 0 Å². The number of ketones is 1. The van der Waals surface area contributed by atoms with Crippen LogP contribution in [-0.2, 0) is 0 Å². The lowest BCUT2D eigenvalue weighted by atomic mass is 10.1. The van der Waals surface area contributed by atoms with Gasteiger partial charge in [0.15, 0.2) is 5.78 Å². The summed E-state index contributed by atoms with van der Waals surface area (Å²) in [6, 6.07) is 8.53. The van der Waals surface area contributed by atoms with E-state index in [0.717, 1.165) is 5.69 Å². The normalized spacial score (nSPS) is 12.4. The van der Waals surface area contributed by atoms with Gasteiger partial charge in [-0.1, -0.05) is 23.7 Å². The predicted octanol–water partition coefficient (Wildman–Crippen LogP) is 3.29. The quantitative estimate of drug-likeness (QED) is 0.782. The molecule has 4 heteroatoms. The second-order valence-electron chi connectivity index (χ2n) is 3.99. The number of carbonyl (C=O) groups is 1. The maximum atomic E-state index is 12.2. The number of aromatic nitrogens is 2. The Morgan fingerprint density at radius 1 is 1.41 bits per heavy atom. The van der Waals surface area contributed by atoms with Gasteiger partial charge >= 0.3 is 0 Å². The van der Waals surface area contributed by atoms with Crippen LogP contribution in [0.1, 0.15) is 29.0 Å². The molecule has 0 N–H and O–H groups in total. The van der Waals surface area contributed by atoms with Crippen LogP contribution in [0.2, 0.25) is 5.02 Å². The van der Waals surface area contributed by atoms with Gasteiger partial charge in [-0.25, -0.2) is 0 Å². The number of benzene rings is 1. The van der Waals surface area contributed by atoms with E-state index < -0.39 is 0 Å². The van der Waals surface area contributed by atoms with Gasteiger partial charge in [0.05, 0.1) is 5.69 Å². The monoisotopic (exact) mass is 248 g/mol. The first-order valence-corrected chi connectivity index (χ1v) is 5.77. The van der Waals surface area contributed by atoms with Gasteiger partial charge in [0.2, 0.25) is 0 Å². The van der Waals surface area contributed by atoms with E-state index in [9.17, 15) is 4.79 Å². The van der Waals surface area contributed by atoms with Crippen LogP contribution in [0.15, 0.2) is 36.5 Å². The molecule has 0 bridgehead atoms. The maximum Gasteiger partial charge on any atom is 0.187 e. The highest BCUT2D eigenvalue weighted by atomic mass is 35.5. The van der Waals surface area contributed by atoms with Crippen molar-refractivity contribution in [3.8, 4) is 0 Å². The Kier molecular flexibility index (Phi) is 3.29. The molecular formula is C13H13ClN2O. The Labute approximate surface area is 105 Å². The van der Waals surface area contributed by atoms with Crippen molar-refractivity contribution in [1.29, 1.82) is 0 Å². The molecule has 1 unspecified atom stereocenters. The van der Waals surface area contributed by atoms with Crippen molar-refractivity contribution >= 4 is 17.4 Å². The molecule has 1 atom stereocenters. The summed E-state index contributed by atoms with van der Waals surface area (Å²) in [6.07, 6.45) is 1.81. The molecular weight excluding hydrogens is 236 g/mol. The Morgan fingerprint density at radius 2 is 2.18 bits per heavy atom. The number of hydrogen-bond donors (Lipinski definition) is 0. The highest BCUT2D eigenvalue weighted by molar-refractivity contribution is 6.31. The standard InChI is InChI=1S/C13H13ClN2O/c1-9-6-7-16(15-9)10(2)13(17)11-4-3-5-12(14)8-11/h3-8,10H,1-2H3. The van der Waals surface area contributed by atoms with Crippen LogP contribution in [-0.4, -0.2) is 15.6 Å². The molecule has 0 saturated heterocycles. The Hall–Kier alpha value is -1.61. The lowest BCUT2D eigenvalue weighted by molar-refractivity contribution is 0.0928. The largest absolute Gasteiger partial charge is 0.292 e. The lowest BCUT2D eigenvalue weighted by Gasteiger charge is -2.11. The average molecular weight is 249 g/mol. The summed E-state index contributed by atoms with van der Waals surface area (Å²) in [6.45, 7) is 3.72. The van der Waals surface area contributed by atoms with Crippen LogP contribution in [0.4, 0.5) is 0 Å². The molecule has 0 amide bonds. The van der Waals surface area contributed by atoms with Gasteiger partial charge in [0.1, 0.15) is 6.04 Å². The third-order valence-corrected chi connectivity index (χ3v) is 2.86. The summed E-state index contributed by atoms with van der Waals surface area (Å²) in [5, 5.41) is 4.81. The molecule has 0 aliphatic rings. The van der Waals surface area contributed by atoms with E-state index in [1.54, 1.807) is 28.9 Å². The molecule has 3 nitrogen and oxygen atoms in total. The van der Waals surface area contributed by atoms with Gasteiger partial charge in [0, 0.05) is 16.8 Å². The van der Waals surface area contributed by atoms with Gasteiger partial charge in [-0.2, -0.15) is 5.10 Å². The van der Waals surface area contributed by atoms with E-state index in [2.05, 4.69) is 5.10 Å². The topological polar surface area (TPSA) is 34.9 Å². The zero-order chi connectivity index (χ0) is 12.4. The average Bonchev–Trinajstić information content (AvgIpc) is 2.74. The molecule has 17 heavy (non-hydrogen) atoms. The summed E-state index contributed by atoms with van der Waals surface area (Å²) < 4.78 is 1.67. The lowest BCUT2D eigenvalue weighted by Crippen LogP contribution is -2.17. The van der Waals surface area contributed by atoms with Crippen molar-refractivity contribution in [1.82, 2.24) is 9.78 Å². The van der Waals surface area contributed by atoms with Crippen molar-refractivity contribution in [3.05, 3.63) is 52.8 Å². The highest BCUT2D eigenvalue weighted by Crippen LogP contribution is 2.17. The first-order valence-electron chi connectivity index (χ1n) is 5.39. The summed E-state index contributed by atoms with van der Waals surface area (Å²) >= 11 is 5.87. The van der Waals surface area contributed by atoms with Crippen LogP contribution in [0.25, 0.3) is 0 Å². The molecule has 0 fully saturated rings. The molecule has 0 aliphatic carbocycles. The molecule has 1 aromatic heterocycles. The maximum absolute atomic E-state index is 12.2. The Balaban J connectivity index is 2.26. The van der Waals surface area contributed by atoms with E-state index >= 15 is 0 Å². The molecule has 0 saturated carbocycles. The van der Waals surface area contributed by atoms with Gasteiger partial charge < -0.3 is 0 Å². The smallest absolute Gasteiger partial charge is 0.187 e. The van der Waals surface area contributed by atoms with Crippen LogP contribution in [0, 0.1) is 6.92 Å². The second kappa shape index (κ2) is 4.72. The molecule has 0 radical (unpaired) electrons. The van der Waals surface area contributed by atoms with E-state index in [1.807, 2.05) is 26.1 Å². The number of aryl methyl sites for hydroxylation is 1. The van der Waals surface area contributed by atoms with E-state index in [4.69, 9.17) is 11.6 Å². The van der Waals surface area contributed by atoms with Crippen LogP contribution in [0.3, 0.4) is 0 Å². The number of halogens is 1. The SMILES string of the molecule is Cc1ccn(C(C)C(=O)c2cccc(Cl)c2)n1. The van der Waals surface area contributed by atoms with Crippen molar-refractivity contribution in [2.75, 3.05) is 0 Å². The number of rotatable bonds is 3. The number of Topliss-reactive ketones (excluding diaryl/α,β-unsaturated/α-hetero) is 1. The zero-order valence-electron chi connectivity index (χ0n) is 9.72. The highest BCUT2D eigenvalue weighted by Gasteiger charge is 2.17. The number of hydrogen-bond acceptors (Lipinski definition) is 2. The zero-order valence-corrected chi connectivity index (χ0v) is 10.5. The molecule has 1 heterocycles. The number of nitrogens with zero attached hydrogens (tertiary/aromatic N) is 2. The molecule has 0 aliphatic heterocycles. The first-order chi connectivity index (χ1) is 8.08. The van der Waals surface area contributed by atoms with Gasteiger partial charge in [-0.15, -0.1) is 0 Å².